The van der Waals surface area contributed by atoms with Gasteiger partial charge in [0.2, 0.25) is 15.8 Å². The summed E-state index contributed by atoms with van der Waals surface area (Å²) >= 11 is 3.37. The largest absolute Gasteiger partial charge is 0.493 e. The summed E-state index contributed by atoms with van der Waals surface area (Å²) in [6.07, 6.45) is 0. The zero-order chi connectivity index (χ0) is 19.3. The highest BCUT2D eigenvalue weighted by Crippen LogP contribution is 2.38. The molecule has 1 N–H and O–H groups in total. The number of halogens is 1. The van der Waals surface area contributed by atoms with Gasteiger partial charge in [0.05, 0.1) is 25.7 Å². The standard InChI is InChI=1S/C18H22BrNO5S/c1-5-25-18-16(23-3)9-13(10-17(18)24-4)11-20-26(21,22)14-6-7-15(19)12(2)8-14/h6-10,20H,5,11H2,1-4H3. The minimum atomic E-state index is -3.64. The Labute approximate surface area is 162 Å². The summed E-state index contributed by atoms with van der Waals surface area (Å²) in [7, 11) is -0.594. The smallest absolute Gasteiger partial charge is 0.240 e. The summed E-state index contributed by atoms with van der Waals surface area (Å²) < 4.78 is 44.8. The van der Waals surface area contributed by atoms with E-state index in [9.17, 15) is 8.42 Å². The average Bonchev–Trinajstić information content (AvgIpc) is 2.62. The van der Waals surface area contributed by atoms with Crippen molar-refractivity contribution < 1.29 is 22.6 Å². The van der Waals surface area contributed by atoms with Gasteiger partial charge in [0.15, 0.2) is 11.5 Å². The number of hydrogen-bond donors (Lipinski definition) is 1. The Morgan fingerprint density at radius 1 is 1.08 bits per heavy atom. The van der Waals surface area contributed by atoms with Crippen LogP contribution in [0.3, 0.4) is 0 Å². The molecular formula is C18H22BrNO5S. The van der Waals surface area contributed by atoms with Crippen LogP contribution in [-0.2, 0) is 16.6 Å². The van der Waals surface area contributed by atoms with E-state index in [-0.39, 0.29) is 11.4 Å². The first-order valence-corrected chi connectivity index (χ1v) is 10.2. The lowest BCUT2D eigenvalue weighted by molar-refractivity contribution is 0.288. The molecule has 0 aliphatic rings. The van der Waals surface area contributed by atoms with Crippen LogP contribution in [0.4, 0.5) is 0 Å². The van der Waals surface area contributed by atoms with Crippen LogP contribution in [0.25, 0.3) is 0 Å². The molecule has 26 heavy (non-hydrogen) atoms. The summed E-state index contributed by atoms with van der Waals surface area (Å²) in [5, 5.41) is 0. The summed E-state index contributed by atoms with van der Waals surface area (Å²) in [6.45, 7) is 4.25. The van der Waals surface area contributed by atoms with Gasteiger partial charge in [-0.3, -0.25) is 0 Å². The Morgan fingerprint density at radius 2 is 1.69 bits per heavy atom. The summed E-state index contributed by atoms with van der Waals surface area (Å²) in [5.74, 6) is 1.47. The van der Waals surface area contributed by atoms with Crippen LogP contribution in [-0.4, -0.2) is 29.2 Å². The van der Waals surface area contributed by atoms with Crippen LogP contribution in [0.5, 0.6) is 17.2 Å². The third-order valence-corrected chi connectivity index (χ3v) is 6.00. The van der Waals surface area contributed by atoms with Crippen LogP contribution >= 0.6 is 15.9 Å². The highest BCUT2D eigenvalue weighted by molar-refractivity contribution is 9.10. The van der Waals surface area contributed by atoms with E-state index in [0.717, 1.165) is 10.0 Å². The van der Waals surface area contributed by atoms with Crippen molar-refractivity contribution >= 4 is 26.0 Å². The third-order valence-electron chi connectivity index (χ3n) is 3.72. The van der Waals surface area contributed by atoms with Gasteiger partial charge < -0.3 is 14.2 Å². The van der Waals surface area contributed by atoms with Crippen molar-refractivity contribution in [2.24, 2.45) is 0 Å². The Kier molecular flexibility index (Phi) is 6.91. The van der Waals surface area contributed by atoms with E-state index in [1.54, 1.807) is 30.3 Å². The lowest BCUT2D eigenvalue weighted by Gasteiger charge is -2.15. The maximum absolute atomic E-state index is 12.5. The molecule has 0 aromatic heterocycles. The number of hydrogen-bond acceptors (Lipinski definition) is 5. The summed E-state index contributed by atoms with van der Waals surface area (Å²) in [5.41, 5.74) is 1.54. The first kappa shape index (κ1) is 20.5. The van der Waals surface area contributed by atoms with Crippen LogP contribution < -0.4 is 18.9 Å². The molecule has 0 saturated carbocycles. The predicted molar refractivity (Wildman–Crippen MR) is 104 cm³/mol. The van der Waals surface area contributed by atoms with E-state index in [2.05, 4.69) is 20.7 Å². The average molecular weight is 444 g/mol. The molecule has 0 aliphatic heterocycles. The van der Waals surface area contributed by atoms with Crippen molar-refractivity contribution in [1.29, 1.82) is 0 Å². The van der Waals surface area contributed by atoms with Gasteiger partial charge >= 0.3 is 0 Å². The number of rotatable bonds is 8. The number of methoxy groups -OCH3 is 2. The highest BCUT2D eigenvalue weighted by Gasteiger charge is 2.17. The number of ether oxygens (including phenoxy) is 3. The SMILES string of the molecule is CCOc1c(OC)cc(CNS(=O)(=O)c2ccc(Br)c(C)c2)cc1OC. The molecular weight excluding hydrogens is 422 g/mol. The van der Waals surface area contributed by atoms with E-state index >= 15 is 0 Å². The topological polar surface area (TPSA) is 73.9 Å². The van der Waals surface area contributed by atoms with Crippen LogP contribution in [0, 0.1) is 6.92 Å². The molecule has 2 aromatic carbocycles. The second kappa shape index (κ2) is 8.75. The second-order valence-electron chi connectivity index (χ2n) is 5.50. The van der Waals surface area contributed by atoms with Gasteiger partial charge in [0.25, 0.3) is 0 Å². The number of aryl methyl sites for hydroxylation is 1. The van der Waals surface area contributed by atoms with Crippen molar-refractivity contribution in [2.75, 3.05) is 20.8 Å². The normalized spacial score (nSPS) is 11.3. The summed E-state index contributed by atoms with van der Waals surface area (Å²) in [6, 6.07) is 8.34. The number of nitrogens with one attached hydrogen (secondary N) is 1. The van der Waals surface area contributed by atoms with Crippen molar-refractivity contribution in [3.63, 3.8) is 0 Å². The van der Waals surface area contributed by atoms with Gasteiger partial charge in [-0.25, -0.2) is 13.1 Å². The van der Waals surface area contributed by atoms with E-state index < -0.39 is 10.0 Å². The van der Waals surface area contributed by atoms with Gasteiger partial charge in [-0.15, -0.1) is 0 Å². The fraction of sp³-hybridized carbons (Fsp3) is 0.333. The molecule has 0 fully saturated rings. The van der Waals surface area contributed by atoms with E-state index in [4.69, 9.17) is 14.2 Å². The molecule has 0 spiro atoms. The molecule has 0 unspecified atom stereocenters. The van der Waals surface area contributed by atoms with E-state index in [0.29, 0.717) is 29.4 Å². The van der Waals surface area contributed by atoms with Crippen molar-refractivity contribution in [2.45, 2.75) is 25.3 Å². The van der Waals surface area contributed by atoms with Crippen molar-refractivity contribution in [3.8, 4) is 17.2 Å². The van der Waals surface area contributed by atoms with Crippen LogP contribution in [0.2, 0.25) is 0 Å². The lowest BCUT2D eigenvalue weighted by atomic mass is 10.2. The van der Waals surface area contributed by atoms with Gasteiger partial charge in [0.1, 0.15) is 0 Å². The lowest BCUT2D eigenvalue weighted by Crippen LogP contribution is -2.23. The molecule has 2 rings (SSSR count). The van der Waals surface area contributed by atoms with E-state index in [1.165, 1.54) is 14.2 Å². The van der Waals surface area contributed by atoms with Gasteiger partial charge in [-0.05, 0) is 55.3 Å². The Balaban J connectivity index is 2.26. The number of benzene rings is 2. The quantitative estimate of drug-likeness (QED) is 0.673. The third kappa shape index (κ3) is 4.69. The molecule has 0 bridgehead atoms. The highest BCUT2D eigenvalue weighted by atomic mass is 79.9. The van der Waals surface area contributed by atoms with Crippen molar-refractivity contribution in [3.05, 3.63) is 45.9 Å². The fourth-order valence-corrected chi connectivity index (χ4v) is 3.72. The fourth-order valence-electron chi connectivity index (χ4n) is 2.37. The molecule has 0 saturated heterocycles. The molecule has 0 aliphatic carbocycles. The summed E-state index contributed by atoms with van der Waals surface area (Å²) in [4.78, 5) is 0.211. The zero-order valence-electron chi connectivity index (χ0n) is 15.1. The maximum Gasteiger partial charge on any atom is 0.240 e. The predicted octanol–water partition coefficient (Wildman–Crippen LogP) is 3.65. The second-order valence-corrected chi connectivity index (χ2v) is 8.12. The van der Waals surface area contributed by atoms with Crippen LogP contribution in [0.1, 0.15) is 18.1 Å². The van der Waals surface area contributed by atoms with Gasteiger partial charge in [-0.2, -0.15) is 0 Å². The molecule has 0 radical (unpaired) electrons. The molecule has 6 nitrogen and oxygen atoms in total. The molecule has 0 atom stereocenters. The monoisotopic (exact) mass is 443 g/mol. The van der Waals surface area contributed by atoms with Crippen molar-refractivity contribution in [1.82, 2.24) is 4.72 Å². The molecule has 0 heterocycles. The first-order chi connectivity index (χ1) is 12.3. The molecule has 2 aromatic rings. The van der Waals surface area contributed by atoms with E-state index in [1.807, 2.05) is 13.8 Å². The van der Waals surface area contributed by atoms with Gasteiger partial charge in [-0.1, -0.05) is 15.9 Å². The number of sulfonamides is 1. The maximum atomic E-state index is 12.5. The molecule has 8 heteroatoms. The zero-order valence-corrected chi connectivity index (χ0v) is 17.5. The molecule has 142 valence electrons. The Bertz CT molecular complexity index is 858. The van der Waals surface area contributed by atoms with Gasteiger partial charge in [0, 0.05) is 11.0 Å². The molecule has 0 amide bonds. The van der Waals surface area contributed by atoms with Crippen LogP contribution in [0.15, 0.2) is 39.7 Å². The minimum absolute atomic E-state index is 0.0938. The minimum Gasteiger partial charge on any atom is -0.493 e. The first-order valence-electron chi connectivity index (χ1n) is 7.96. The Hall–Kier alpha value is -1.77. The Morgan fingerprint density at radius 3 is 2.19 bits per heavy atom.